The van der Waals surface area contributed by atoms with E-state index in [0.29, 0.717) is 0 Å². The first-order valence-corrected chi connectivity index (χ1v) is 5.17. The molecule has 0 amide bonds. The Balaban J connectivity index is 2.68. The second-order valence-electron chi connectivity index (χ2n) is 3.73. The molecule has 0 aliphatic heterocycles. The van der Waals surface area contributed by atoms with Crippen LogP contribution in [0.1, 0.15) is 5.56 Å². The van der Waals surface area contributed by atoms with Crippen molar-refractivity contribution in [1.29, 1.82) is 5.26 Å². The van der Waals surface area contributed by atoms with Crippen LogP contribution < -0.4 is 0 Å². The average molecular weight is 260 g/mol. The van der Waals surface area contributed by atoms with Gasteiger partial charge in [0, 0.05) is 23.3 Å². The molecule has 94 valence electrons. The van der Waals surface area contributed by atoms with Gasteiger partial charge in [-0.2, -0.15) is 5.26 Å². The van der Waals surface area contributed by atoms with Crippen LogP contribution in [0.25, 0.3) is 11.1 Å². The average Bonchev–Trinajstić information content (AvgIpc) is 2.40. The van der Waals surface area contributed by atoms with Crippen LogP contribution in [0.3, 0.4) is 0 Å². The zero-order valence-electron chi connectivity index (χ0n) is 9.43. The first-order chi connectivity index (χ1) is 9.02. The van der Waals surface area contributed by atoms with Crippen molar-refractivity contribution in [2.75, 3.05) is 0 Å². The highest BCUT2D eigenvalue weighted by Crippen LogP contribution is 2.29. The first-order valence-electron chi connectivity index (χ1n) is 5.17. The molecule has 0 atom stereocenters. The van der Waals surface area contributed by atoms with Gasteiger partial charge in [0.15, 0.2) is 0 Å². The molecule has 0 heterocycles. The SMILES string of the molecule is N#Cc1ccc(F)c(-c2cc([N+](=O)[O-])ccc2F)c1. The van der Waals surface area contributed by atoms with Crippen molar-refractivity contribution in [3.05, 3.63) is 63.7 Å². The van der Waals surface area contributed by atoms with Gasteiger partial charge >= 0.3 is 0 Å². The van der Waals surface area contributed by atoms with Gasteiger partial charge in [-0.3, -0.25) is 10.1 Å². The van der Waals surface area contributed by atoms with Crippen LogP contribution in [0.5, 0.6) is 0 Å². The van der Waals surface area contributed by atoms with E-state index in [-0.39, 0.29) is 22.4 Å². The standard InChI is InChI=1S/C13H6F2N2O2/c14-12-3-1-8(7-16)5-10(12)11-6-9(17(18)19)2-4-13(11)15/h1-6H. The molecule has 0 bridgehead atoms. The molecule has 6 heteroatoms. The van der Waals surface area contributed by atoms with Crippen LogP contribution in [-0.2, 0) is 0 Å². The zero-order valence-corrected chi connectivity index (χ0v) is 9.43. The molecule has 0 fully saturated rings. The summed E-state index contributed by atoms with van der Waals surface area (Å²) in [5, 5.41) is 19.4. The molecule has 2 aromatic rings. The van der Waals surface area contributed by atoms with E-state index in [9.17, 15) is 18.9 Å². The van der Waals surface area contributed by atoms with E-state index in [1.165, 1.54) is 6.07 Å². The molecule has 0 aliphatic rings. The van der Waals surface area contributed by atoms with Crippen LogP contribution in [0.2, 0.25) is 0 Å². The molecule has 4 nitrogen and oxygen atoms in total. The zero-order chi connectivity index (χ0) is 14.0. The van der Waals surface area contributed by atoms with Crippen LogP contribution in [-0.4, -0.2) is 4.92 Å². The van der Waals surface area contributed by atoms with Gasteiger partial charge in [0.25, 0.3) is 5.69 Å². The largest absolute Gasteiger partial charge is 0.270 e. The summed E-state index contributed by atoms with van der Waals surface area (Å²) in [6.07, 6.45) is 0. The van der Waals surface area contributed by atoms with Gasteiger partial charge in [0.2, 0.25) is 0 Å². The number of benzene rings is 2. The van der Waals surface area contributed by atoms with Gasteiger partial charge in [-0.25, -0.2) is 8.78 Å². The third-order valence-electron chi connectivity index (χ3n) is 2.55. The van der Waals surface area contributed by atoms with E-state index in [0.717, 1.165) is 30.3 Å². The summed E-state index contributed by atoms with van der Waals surface area (Å²) in [6.45, 7) is 0. The monoisotopic (exact) mass is 260 g/mol. The molecule has 0 N–H and O–H groups in total. The molecule has 19 heavy (non-hydrogen) atoms. The van der Waals surface area contributed by atoms with Crippen LogP contribution in [0.15, 0.2) is 36.4 Å². The van der Waals surface area contributed by atoms with Gasteiger partial charge in [-0.1, -0.05) is 0 Å². The van der Waals surface area contributed by atoms with Crippen molar-refractivity contribution in [3.8, 4) is 17.2 Å². The number of nitro benzene ring substituents is 1. The third kappa shape index (κ3) is 2.40. The number of nitriles is 1. The van der Waals surface area contributed by atoms with Crippen molar-refractivity contribution < 1.29 is 13.7 Å². The summed E-state index contributed by atoms with van der Waals surface area (Å²) in [6, 6.07) is 8.04. The number of non-ortho nitro benzene ring substituents is 1. The van der Waals surface area contributed by atoms with E-state index < -0.39 is 16.6 Å². The molecule has 0 saturated heterocycles. The van der Waals surface area contributed by atoms with E-state index in [2.05, 4.69) is 0 Å². The normalized spacial score (nSPS) is 9.95. The first kappa shape index (κ1) is 12.6. The Morgan fingerprint density at radius 2 is 1.63 bits per heavy atom. The van der Waals surface area contributed by atoms with Crippen molar-refractivity contribution in [3.63, 3.8) is 0 Å². The molecule has 2 rings (SSSR count). The van der Waals surface area contributed by atoms with Crippen molar-refractivity contribution in [1.82, 2.24) is 0 Å². The maximum absolute atomic E-state index is 13.7. The third-order valence-corrected chi connectivity index (χ3v) is 2.55. The van der Waals surface area contributed by atoms with E-state index in [1.807, 2.05) is 0 Å². The minimum Gasteiger partial charge on any atom is -0.258 e. The quantitative estimate of drug-likeness (QED) is 0.613. The Morgan fingerprint density at radius 1 is 1.05 bits per heavy atom. The van der Waals surface area contributed by atoms with Gasteiger partial charge in [0.1, 0.15) is 11.6 Å². The lowest BCUT2D eigenvalue weighted by atomic mass is 10.0. The molecule has 0 unspecified atom stereocenters. The topological polar surface area (TPSA) is 66.9 Å². The molecule has 0 aliphatic carbocycles. The summed E-state index contributed by atoms with van der Waals surface area (Å²) in [7, 11) is 0. The summed E-state index contributed by atoms with van der Waals surface area (Å²) >= 11 is 0. The lowest BCUT2D eigenvalue weighted by molar-refractivity contribution is -0.384. The van der Waals surface area contributed by atoms with E-state index >= 15 is 0 Å². The smallest absolute Gasteiger partial charge is 0.258 e. The maximum atomic E-state index is 13.7. The number of hydrogen-bond acceptors (Lipinski definition) is 3. The number of nitro groups is 1. The fourth-order valence-corrected chi connectivity index (χ4v) is 1.63. The Hall–Kier alpha value is -2.81. The minimum atomic E-state index is -0.792. The fourth-order valence-electron chi connectivity index (χ4n) is 1.63. The lowest BCUT2D eigenvalue weighted by Crippen LogP contribution is -1.93. The van der Waals surface area contributed by atoms with E-state index in [1.54, 1.807) is 6.07 Å². The fraction of sp³-hybridized carbons (Fsp3) is 0. The predicted octanol–water partition coefficient (Wildman–Crippen LogP) is 3.41. The highest BCUT2D eigenvalue weighted by Gasteiger charge is 2.15. The number of rotatable bonds is 2. The highest BCUT2D eigenvalue weighted by atomic mass is 19.1. The molecular weight excluding hydrogens is 254 g/mol. The summed E-state index contributed by atoms with van der Waals surface area (Å²) < 4.78 is 27.3. The Kier molecular flexibility index (Phi) is 3.21. The second kappa shape index (κ2) is 4.82. The summed E-state index contributed by atoms with van der Waals surface area (Å²) in [5.74, 6) is -1.54. The Labute approximate surface area is 106 Å². The van der Waals surface area contributed by atoms with Crippen LogP contribution in [0.4, 0.5) is 14.5 Å². The number of halogens is 2. The lowest BCUT2D eigenvalue weighted by Gasteiger charge is -2.05. The van der Waals surface area contributed by atoms with Gasteiger partial charge in [-0.05, 0) is 24.3 Å². The maximum Gasteiger partial charge on any atom is 0.270 e. The highest BCUT2D eigenvalue weighted by molar-refractivity contribution is 5.69. The minimum absolute atomic E-state index is 0.141. The summed E-state index contributed by atoms with van der Waals surface area (Å²) in [5.41, 5.74) is -0.635. The van der Waals surface area contributed by atoms with Crippen molar-refractivity contribution in [2.24, 2.45) is 0 Å². The Morgan fingerprint density at radius 3 is 2.21 bits per heavy atom. The molecule has 0 saturated carbocycles. The van der Waals surface area contributed by atoms with E-state index in [4.69, 9.17) is 5.26 Å². The molecule has 2 aromatic carbocycles. The van der Waals surface area contributed by atoms with Crippen molar-refractivity contribution >= 4 is 5.69 Å². The number of nitrogens with zero attached hydrogens (tertiary/aromatic N) is 2. The molecule has 0 aromatic heterocycles. The van der Waals surface area contributed by atoms with Crippen LogP contribution in [0, 0.1) is 33.1 Å². The second-order valence-corrected chi connectivity index (χ2v) is 3.73. The molecule has 0 radical (unpaired) electrons. The van der Waals surface area contributed by atoms with Crippen LogP contribution >= 0.6 is 0 Å². The van der Waals surface area contributed by atoms with Crippen molar-refractivity contribution in [2.45, 2.75) is 0 Å². The predicted molar refractivity (Wildman–Crippen MR) is 63.2 cm³/mol. The molecule has 0 spiro atoms. The molecular formula is C13H6F2N2O2. The summed E-state index contributed by atoms with van der Waals surface area (Å²) in [4.78, 5) is 9.94. The van der Waals surface area contributed by atoms with Gasteiger partial charge < -0.3 is 0 Å². The van der Waals surface area contributed by atoms with Gasteiger partial charge in [-0.15, -0.1) is 0 Å². The number of hydrogen-bond donors (Lipinski definition) is 0. The Bertz CT molecular complexity index is 708. The van der Waals surface area contributed by atoms with Gasteiger partial charge in [0.05, 0.1) is 16.6 Å².